The van der Waals surface area contributed by atoms with Crippen molar-refractivity contribution in [3.8, 4) is 5.75 Å². The number of aliphatic hydroxyl groups is 1. The van der Waals surface area contributed by atoms with Crippen LogP contribution in [0.2, 0.25) is 0 Å². The molecule has 1 aliphatic carbocycles. The molecular weight excluding hydrogens is 302 g/mol. The molecule has 0 radical (unpaired) electrons. The van der Waals surface area contributed by atoms with Gasteiger partial charge >= 0.3 is 0 Å². The van der Waals surface area contributed by atoms with Crippen LogP contribution in [0, 0.1) is 0 Å². The lowest BCUT2D eigenvalue weighted by molar-refractivity contribution is 0.187. The van der Waals surface area contributed by atoms with Crippen molar-refractivity contribution in [1.29, 1.82) is 0 Å². The summed E-state index contributed by atoms with van der Waals surface area (Å²) >= 11 is 0. The Hall–Kier alpha value is -2.53. The van der Waals surface area contributed by atoms with Gasteiger partial charge in [-0.25, -0.2) is 0 Å². The zero-order chi connectivity index (χ0) is 16.9. The van der Waals surface area contributed by atoms with Crippen molar-refractivity contribution in [3.05, 3.63) is 59.2 Å². The van der Waals surface area contributed by atoms with E-state index in [1.54, 1.807) is 7.11 Å². The molecule has 0 spiro atoms. The SMILES string of the molecule is COc1ccc(C(O)CN=C(N)Nc2ccc3c(c2)CCC3)cc1. The molecule has 0 saturated heterocycles. The monoisotopic (exact) mass is 325 g/mol. The topological polar surface area (TPSA) is 79.9 Å². The summed E-state index contributed by atoms with van der Waals surface area (Å²) in [5.41, 5.74) is 10.5. The highest BCUT2D eigenvalue weighted by Gasteiger charge is 2.11. The van der Waals surface area contributed by atoms with E-state index in [4.69, 9.17) is 10.5 Å². The van der Waals surface area contributed by atoms with E-state index in [0.717, 1.165) is 29.8 Å². The summed E-state index contributed by atoms with van der Waals surface area (Å²) in [6.07, 6.45) is 2.80. The number of aliphatic imine (C=N–C) groups is 1. The van der Waals surface area contributed by atoms with Gasteiger partial charge in [-0.3, -0.25) is 4.99 Å². The minimum atomic E-state index is -0.698. The van der Waals surface area contributed by atoms with Crippen LogP contribution in [0.4, 0.5) is 5.69 Å². The second kappa shape index (κ2) is 7.36. The molecule has 0 heterocycles. The maximum Gasteiger partial charge on any atom is 0.193 e. The molecular formula is C19H23N3O2. The van der Waals surface area contributed by atoms with Crippen LogP contribution in [0.25, 0.3) is 0 Å². The van der Waals surface area contributed by atoms with Crippen molar-refractivity contribution in [2.45, 2.75) is 25.4 Å². The third kappa shape index (κ3) is 3.86. The van der Waals surface area contributed by atoms with E-state index in [-0.39, 0.29) is 6.54 Å². The van der Waals surface area contributed by atoms with Gasteiger partial charge in [0, 0.05) is 5.69 Å². The second-order valence-corrected chi connectivity index (χ2v) is 5.98. The minimum Gasteiger partial charge on any atom is -0.497 e. The smallest absolute Gasteiger partial charge is 0.193 e. The molecule has 2 aromatic rings. The van der Waals surface area contributed by atoms with E-state index in [9.17, 15) is 5.11 Å². The number of guanidine groups is 1. The molecule has 1 atom stereocenters. The van der Waals surface area contributed by atoms with Crippen molar-refractivity contribution < 1.29 is 9.84 Å². The van der Waals surface area contributed by atoms with Gasteiger partial charge in [0.05, 0.1) is 19.8 Å². The maximum absolute atomic E-state index is 10.2. The fourth-order valence-corrected chi connectivity index (χ4v) is 2.95. The molecule has 0 amide bonds. The Morgan fingerprint density at radius 1 is 1.21 bits per heavy atom. The summed E-state index contributed by atoms with van der Waals surface area (Å²) in [5, 5.41) is 13.3. The summed E-state index contributed by atoms with van der Waals surface area (Å²) < 4.78 is 5.11. The number of nitrogens with two attached hydrogens (primary N) is 1. The van der Waals surface area contributed by atoms with Crippen LogP contribution in [-0.2, 0) is 12.8 Å². The summed E-state index contributed by atoms with van der Waals surface area (Å²) in [4.78, 5) is 4.23. The zero-order valence-corrected chi connectivity index (χ0v) is 13.8. The third-order valence-electron chi connectivity index (χ3n) is 4.31. The quantitative estimate of drug-likeness (QED) is 0.583. The average molecular weight is 325 g/mol. The molecule has 0 saturated carbocycles. The highest BCUT2D eigenvalue weighted by Crippen LogP contribution is 2.24. The number of rotatable bonds is 5. The Labute approximate surface area is 142 Å². The van der Waals surface area contributed by atoms with E-state index in [0.29, 0.717) is 5.96 Å². The number of ether oxygens (including phenoxy) is 1. The average Bonchev–Trinajstić information content (AvgIpc) is 3.07. The van der Waals surface area contributed by atoms with Crippen molar-refractivity contribution >= 4 is 11.6 Å². The number of nitrogens with zero attached hydrogens (tertiary/aromatic N) is 1. The molecule has 0 aromatic heterocycles. The first kappa shape index (κ1) is 16.3. The molecule has 5 nitrogen and oxygen atoms in total. The summed E-state index contributed by atoms with van der Waals surface area (Å²) in [5.74, 6) is 1.06. The van der Waals surface area contributed by atoms with Crippen LogP contribution in [0.3, 0.4) is 0 Å². The Bertz CT molecular complexity index is 726. The zero-order valence-electron chi connectivity index (χ0n) is 13.8. The Balaban J connectivity index is 1.59. The van der Waals surface area contributed by atoms with Crippen molar-refractivity contribution in [2.75, 3.05) is 19.0 Å². The van der Waals surface area contributed by atoms with E-state index < -0.39 is 6.10 Å². The summed E-state index contributed by atoms with van der Waals surface area (Å²) in [6, 6.07) is 13.6. The van der Waals surface area contributed by atoms with Crippen molar-refractivity contribution in [1.82, 2.24) is 0 Å². The van der Waals surface area contributed by atoms with E-state index in [2.05, 4.69) is 22.4 Å². The molecule has 126 valence electrons. The van der Waals surface area contributed by atoms with Gasteiger partial charge in [-0.05, 0) is 60.2 Å². The molecule has 3 rings (SSSR count). The fraction of sp³-hybridized carbons (Fsp3) is 0.316. The number of hydrogen-bond acceptors (Lipinski definition) is 3. The Kier molecular flexibility index (Phi) is 5.01. The molecule has 1 aliphatic rings. The molecule has 24 heavy (non-hydrogen) atoms. The fourth-order valence-electron chi connectivity index (χ4n) is 2.95. The first-order chi connectivity index (χ1) is 11.7. The molecule has 5 heteroatoms. The highest BCUT2D eigenvalue weighted by molar-refractivity contribution is 5.92. The number of aliphatic hydroxyl groups excluding tert-OH is 1. The number of benzene rings is 2. The third-order valence-corrected chi connectivity index (χ3v) is 4.31. The van der Waals surface area contributed by atoms with Crippen LogP contribution in [-0.4, -0.2) is 24.7 Å². The molecule has 0 aliphatic heterocycles. The molecule has 1 unspecified atom stereocenters. The van der Waals surface area contributed by atoms with Crippen LogP contribution >= 0.6 is 0 Å². The second-order valence-electron chi connectivity index (χ2n) is 5.98. The van der Waals surface area contributed by atoms with Gasteiger partial charge in [0.25, 0.3) is 0 Å². The van der Waals surface area contributed by atoms with Gasteiger partial charge in [0.2, 0.25) is 0 Å². The van der Waals surface area contributed by atoms with Gasteiger partial charge < -0.3 is 20.9 Å². The predicted molar refractivity (Wildman–Crippen MR) is 96.5 cm³/mol. The van der Waals surface area contributed by atoms with E-state index in [1.165, 1.54) is 17.5 Å². The summed E-state index contributed by atoms with van der Waals surface area (Å²) in [7, 11) is 1.61. The Morgan fingerprint density at radius 2 is 1.96 bits per heavy atom. The van der Waals surface area contributed by atoms with Crippen molar-refractivity contribution in [2.24, 2.45) is 10.7 Å². The normalized spacial score (nSPS) is 15.0. The van der Waals surface area contributed by atoms with E-state index >= 15 is 0 Å². The standard InChI is InChI=1S/C19H23N3O2/c1-24-17-9-6-14(7-10-17)18(23)12-21-19(20)22-16-8-5-13-3-2-4-15(13)11-16/h5-11,18,23H,2-4,12H2,1H3,(H3,20,21,22). The van der Waals surface area contributed by atoms with E-state index in [1.807, 2.05) is 30.3 Å². The number of anilines is 1. The van der Waals surface area contributed by atoms with Gasteiger partial charge in [0.15, 0.2) is 5.96 Å². The molecule has 2 aromatic carbocycles. The molecule has 4 N–H and O–H groups in total. The number of nitrogens with one attached hydrogen (secondary N) is 1. The van der Waals surface area contributed by atoms with Crippen LogP contribution < -0.4 is 15.8 Å². The largest absolute Gasteiger partial charge is 0.497 e. The van der Waals surface area contributed by atoms with Crippen LogP contribution in [0.1, 0.15) is 29.2 Å². The van der Waals surface area contributed by atoms with Crippen LogP contribution in [0.15, 0.2) is 47.5 Å². The molecule has 0 bridgehead atoms. The lowest BCUT2D eigenvalue weighted by Crippen LogP contribution is -2.23. The lowest BCUT2D eigenvalue weighted by Gasteiger charge is -2.11. The predicted octanol–water partition coefficient (Wildman–Crippen LogP) is 2.64. The van der Waals surface area contributed by atoms with Gasteiger partial charge in [-0.15, -0.1) is 0 Å². The minimum absolute atomic E-state index is 0.204. The van der Waals surface area contributed by atoms with Gasteiger partial charge in [-0.2, -0.15) is 0 Å². The number of hydrogen-bond donors (Lipinski definition) is 3. The number of aryl methyl sites for hydroxylation is 2. The highest BCUT2D eigenvalue weighted by atomic mass is 16.5. The number of methoxy groups -OCH3 is 1. The lowest BCUT2D eigenvalue weighted by atomic mass is 10.1. The summed E-state index contributed by atoms with van der Waals surface area (Å²) in [6.45, 7) is 0.204. The van der Waals surface area contributed by atoms with Crippen LogP contribution in [0.5, 0.6) is 5.75 Å². The van der Waals surface area contributed by atoms with Gasteiger partial charge in [-0.1, -0.05) is 18.2 Å². The van der Waals surface area contributed by atoms with Gasteiger partial charge in [0.1, 0.15) is 5.75 Å². The maximum atomic E-state index is 10.2. The first-order valence-electron chi connectivity index (χ1n) is 8.16. The molecule has 0 fully saturated rings. The van der Waals surface area contributed by atoms with Crippen molar-refractivity contribution in [3.63, 3.8) is 0 Å². The Morgan fingerprint density at radius 3 is 2.71 bits per heavy atom. The first-order valence-corrected chi connectivity index (χ1v) is 8.16. The number of fused-ring (bicyclic) bond motifs is 1.